The largest absolute Gasteiger partial charge is 0.480 e. The number of hydrogen-bond donors (Lipinski definition) is 3. The lowest BCUT2D eigenvalue weighted by molar-refractivity contribution is -0.143. The van der Waals surface area contributed by atoms with Crippen LogP contribution in [-0.4, -0.2) is 40.9 Å². The number of urea groups is 1. The van der Waals surface area contributed by atoms with Crippen molar-refractivity contribution >= 4 is 12.0 Å². The molecule has 0 aromatic heterocycles. The van der Waals surface area contributed by atoms with Crippen molar-refractivity contribution in [2.24, 2.45) is 0 Å². The van der Waals surface area contributed by atoms with Gasteiger partial charge in [0.05, 0.1) is 11.6 Å². The maximum Gasteiger partial charge on any atom is 0.329 e. The zero-order valence-corrected chi connectivity index (χ0v) is 11.4. The van der Waals surface area contributed by atoms with E-state index in [0.717, 1.165) is 6.42 Å². The first kappa shape index (κ1) is 14.8. The van der Waals surface area contributed by atoms with Crippen LogP contribution >= 0.6 is 0 Å². The summed E-state index contributed by atoms with van der Waals surface area (Å²) in [7, 11) is 0. The molecule has 1 aliphatic heterocycles. The van der Waals surface area contributed by atoms with Gasteiger partial charge in [0.2, 0.25) is 0 Å². The molecule has 0 bridgehead atoms. The fourth-order valence-electron chi connectivity index (χ4n) is 1.83. The lowest BCUT2D eigenvalue weighted by Crippen LogP contribution is -2.60. The van der Waals surface area contributed by atoms with E-state index in [0.29, 0.717) is 13.0 Å². The molecule has 0 aromatic rings. The minimum Gasteiger partial charge on any atom is -0.480 e. The summed E-state index contributed by atoms with van der Waals surface area (Å²) >= 11 is 0. The van der Waals surface area contributed by atoms with E-state index < -0.39 is 23.1 Å². The Morgan fingerprint density at radius 1 is 1.56 bits per heavy atom. The third-order valence-corrected chi connectivity index (χ3v) is 3.85. The predicted molar refractivity (Wildman–Crippen MR) is 66.4 cm³/mol. The van der Waals surface area contributed by atoms with Gasteiger partial charge in [-0.3, -0.25) is 0 Å². The predicted octanol–water partition coefficient (Wildman–Crippen LogP) is 1.11. The molecule has 1 heterocycles. The van der Waals surface area contributed by atoms with Crippen molar-refractivity contribution in [2.75, 3.05) is 6.61 Å². The summed E-state index contributed by atoms with van der Waals surface area (Å²) in [5, 5.41) is 14.4. The van der Waals surface area contributed by atoms with Crippen LogP contribution in [0.25, 0.3) is 0 Å². The number of nitrogens with one attached hydrogen (secondary N) is 2. The van der Waals surface area contributed by atoms with Crippen molar-refractivity contribution in [2.45, 2.75) is 57.7 Å². The van der Waals surface area contributed by atoms with Gasteiger partial charge in [0, 0.05) is 6.61 Å². The van der Waals surface area contributed by atoms with E-state index >= 15 is 0 Å². The molecule has 6 nitrogen and oxygen atoms in total. The lowest BCUT2D eigenvalue weighted by Gasteiger charge is -2.32. The second kappa shape index (κ2) is 5.14. The van der Waals surface area contributed by atoms with Crippen molar-refractivity contribution in [3.63, 3.8) is 0 Å². The highest BCUT2D eigenvalue weighted by atomic mass is 16.5. The van der Waals surface area contributed by atoms with E-state index in [1.54, 1.807) is 6.92 Å². The van der Waals surface area contributed by atoms with Crippen LogP contribution < -0.4 is 10.6 Å². The summed E-state index contributed by atoms with van der Waals surface area (Å²) in [6.45, 7) is 7.60. The van der Waals surface area contributed by atoms with Crippen molar-refractivity contribution in [3.05, 3.63) is 0 Å². The van der Waals surface area contributed by atoms with Gasteiger partial charge in [-0.2, -0.15) is 0 Å². The van der Waals surface area contributed by atoms with Gasteiger partial charge in [-0.05, 0) is 33.6 Å². The topological polar surface area (TPSA) is 87.7 Å². The van der Waals surface area contributed by atoms with Crippen LogP contribution in [-0.2, 0) is 9.53 Å². The number of hydrogen-bond acceptors (Lipinski definition) is 3. The number of rotatable bonds is 4. The second-order valence-corrected chi connectivity index (χ2v) is 5.25. The number of carbonyl (C=O) groups is 2. The van der Waals surface area contributed by atoms with E-state index in [1.807, 2.05) is 13.8 Å². The Kier molecular flexibility index (Phi) is 4.21. The van der Waals surface area contributed by atoms with Gasteiger partial charge in [0.1, 0.15) is 5.54 Å². The minimum absolute atomic E-state index is 0.0824. The molecule has 0 aliphatic carbocycles. The van der Waals surface area contributed by atoms with Crippen LogP contribution in [0, 0.1) is 0 Å². The number of carbonyl (C=O) groups excluding carboxylic acids is 1. The first-order valence-corrected chi connectivity index (χ1v) is 6.19. The summed E-state index contributed by atoms with van der Waals surface area (Å²) in [5.74, 6) is -1.04. The second-order valence-electron chi connectivity index (χ2n) is 5.25. The van der Waals surface area contributed by atoms with E-state index in [-0.39, 0.29) is 6.10 Å². The number of amides is 2. The van der Waals surface area contributed by atoms with Gasteiger partial charge in [-0.25, -0.2) is 9.59 Å². The zero-order valence-electron chi connectivity index (χ0n) is 11.4. The molecule has 1 aliphatic rings. The molecule has 0 saturated carbocycles. The first-order chi connectivity index (χ1) is 8.23. The summed E-state index contributed by atoms with van der Waals surface area (Å²) < 4.78 is 5.41. The standard InChI is InChI=1S/C12H22N2O4/c1-5-11(3,9(15)16)13-10(17)14-12(4)6-7-18-8(12)2/h8H,5-7H2,1-4H3,(H,15,16)(H2,13,14,17). The molecule has 1 rings (SSSR count). The van der Waals surface area contributed by atoms with Gasteiger partial charge in [-0.1, -0.05) is 6.92 Å². The monoisotopic (exact) mass is 258 g/mol. The lowest BCUT2D eigenvalue weighted by atomic mass is 9.94. The third-order valence-electron chi connectivity index (χ3n) is 3.85. The van der Waals surface area contributed by atoms with Crippen LogP contribution in [0.15, 0.2) is 0 Å². The minimum atomic E-state index is -1.25. The molecule has 18 heavy (non-hydrogen) atoms. The molecule has 0 spiro atoms. The molecule has 3 atom stereocenters. The van der Waals surface area contributed by atoms with Gasteiger partial charge < -0.3 is 20.5 Å². The van der Waals surface area contributed by atoms with Crippen molar-refractivity contribution in [1.29, 1.82) is 0 Å². The Balaban J connectivity index is 2.64. The fourth-order valence-corrected chi connectivity index (χ4v) is 1.83. The van der Waals surface area contributed by atoms with Crippen LogP contribution in [0.5, 0.6) is 0 Å². The maximum absolute atomic E-state index is 11.9. The van der Waals surface area contributed by atoms with E-state index in [1.165, 1.54) is 6.92 Å². The molecular weight excluding hydrogens is 236 g/mol. The molecule has 0 radical (unpaired) electrons. The average Bonchev–Trinajstić information content (AvgIpc) is 2.58. The van der Waals surface area contributed by atoms with Gasteiger partial charge >= 0.3 is 12.0 Å². The highest BCUT2D eigenvalue weighted by molar-refractivity contribution is 5.86. The molecule has 3 unspecified atom stereocenters. The Morgan fingerprint density at radius 2 is 2.17 bits per heavy atom. The van der Waals surface area contributed by atoms with Crippen LogP contribution in [0.3, 0.4) is 0 Å². The van der Waals surface area contributed by atoms with Crippen LogP contribution in [0.1, 0.15) is 40.5 Å². The zero-order chi connectivity index (χ0) is 14.0. The van der Waals surface area contributed by atoms with Gasteiger partial charge in [0.25, 0.3) is 0 Å². The van der Waals surface area contributed by atoms with Crippen molar-refractivity contribution < 1.29 is 19.4 Å². The van der Waals surface area contributed by atoms with E-state index in [9.17, 15) is 9.59 Å². The molecule has 3 N–H and O–H groups in total. The summed E-state index contributed by atoms with van der Waals surface area (Å²) in [6.07, 6.45) is 0.955. The number of carboxylic acids is 1. The number of aliphatic carboxylic acids is 1. The quantitative estimate of drug-likeness (QED) is 0.704. The molecule has 1 fully saturated rings. The summed E-state index contributed by atoms with van der Waals surface area (Å²) in [4.78, 5) is 23.0. The average molecular weight is 258 g/mol. The summed E-state index contributed by atoms with van der Waals surface area (Å²) in [6, 6.07) is -0.471. The summed E-state index contributed by atoms with van der Waals surface area (Å²) in [5.41, 5.74) is -1.69. The molecule has 1 saturated heterocycles. The number of carboxylic acid groups (broad SMARTS) is 1. The fraction of sp³-hybridized carbons (Fsp3) is 0.833. The highest BCUT2D eigenvalue weighted by Gasteiger charge is 2.40. The Hall–Kier alpha value is -1.30. The molecule has 6 heteroatoms. The normalized spacial score (nSPS) is 30.6. The van der Waals surface area contributed by atoms with Crippen LogP contribution in [0.4, 0.5) is 4.79 Å². The number of ether oxygens (including phenoxy) is 1. The molecule has 0 aromatic carbocycles. The highest BCUT2D eigenvalue weighted by Crippen LogP contribution is 2.25. The third kappa shape index (κ3) is 2.93. The van der Waals surface area contributed by atoms with Crippen molar-refractivity contribution in [1.82, 2.24) is 10.6 Å². The van der Waals surface area contributed by atoms with Gasteiger partial charge in [-0.15, -0.1) is 0 Å². The van der Waals surface area contributed by atoms with Crippen molar-refractivity contribution in [3.8, 4) is 0 Å². The van der Waals surface area contributed by atoms with Gasteiger partial charge in [0.15, 0.2) is 0 Å². The van der Waals surface area contributed by atoms with E-state index in [4.69, 9.17) is 9.84 Å². The Labute approximate surface area is 107 Å². The maximum atomic E-state index is 11.9. The SMILES string of the molecule is CCC(C)(NC(=O)NC1(C)CCOC1C)C(=O)O. The molecule has 104 valence electrons. The smallest absolute Gasteiger partial charge is 0.329 e. The molecular formula is C12H22N2O4. The Morgan fingerprint density at radius 3 is 2.56 bits per heavy atom. The van der Waals surface area contributed by atoms with E-state index in [2.05, 4.69) is 10.6 Å². The Bertz CT molecular complexity index is 347. The van der Waals surface area contributed by atoms with Crippen LogP contribution in [0.2, 0.25) is 0 Å². The molecule has 2 amide bonds. The first-order valence-electron chi connectivity index (χ1n) is 6.19.